The van der Waals surface area contributed by atoms with Crippen LogP contribution in [-0.4, -0.2) is 30.1 Å². The van der Waals surface area contributed by atoms with Gasteiger partial charge in [0.05, 0.1) is 7.11 Å². The fourth-order valence-electron chi connectivity index (χ4n) is 2.36. The Labute approximate surface area is 141 Å². The van der Waals surface area contributed by atoms with Gasteiger partial charge in [0.2, 0.25) is 0 Å². The number of aryl methyl sites for hydroxylation is 2. The van der Waals surface area contributed by atoms with Crippen molar-refractivity contribution in [3.63, 3.8) is 0 Å². The number of phenols is 1. The van der Waals surface area contributed by atoms with E-state index in [2.05, 4.69) is 5.32 Å². The summed E-state index contributed by atoms with van der Waals surface area (Å²) in [6.45, 7) is 4.02. The van der Waals surface area contributed by atoms with Crippen LogP contribution in [0.1, 0.15) is 27.0 Å². The zero-order valence-corrected chi connectivity index (χ0v) is 14.0. The first-order chi connectivity index (χ1) is 11.4. The molecule has 2 aromatic carbocycles. The van der Waals surface area contributed by atoms with E-state index in [9.17, 15) is 14.7 Å². The lowest BCUT2D eigenvalue weighted by atomic mass is 10.0. The largest absolute Gasteiger partial charge is 0.508 e. The second-order valence-electron chi connectivity index (χ2n) is 5.72. The Kier molecular flexibility index (Phi) is 5.58. The van der Waals surface area contributed by atoms with Gasteiger partial charge in [-0.2, -0.15) is 0 Å². The van der Waals surface area contributed by atoms with E-state index in [1.807, 2.05) is 32.0 Å². The number of nitrogens with one attached hydrogen (secondary N) is 1. The number of hydrogen-bond acceptors (Lipinski definition) is 4. The highest BCUT2D eigenvalue weighted by Gasteiger charge is 2.22. The molecule has 2 rings (SSSR count). The number of methoxy groups -OCH3 is 1. The first-order valence-corrected chi connectivity index (χ1v) is 7.64. The summed E-state index contributed by atoms with van der Waals surface area (Å²) in [5.74, 6) is -0.819. The predicted octanol–water partition coefficient (Wildman–Crippen LogP) is 2.52. The van der Waals surface area contributed by atoms with E-state index < -0.39 is 17.9 Å². The van der Waals surface area contributed by atoms with E-state index in [1.54, 1.807) is 0 Å². The molecular weight excluding hydrogens is 306 g/mol. The van der Waals surface area contributed by atoms with E-state index in [0.29, 0.717) is 12.0 Å². The summed E-state index contributed by atoms with van der Waals surface area (Å²) < 4.78 is 4.80. The number of phenolic OH excluding ortho intramolecular Hbond substituents is 1. The highest BCUT2D eigenvalue weighted by molar-refractivity contribution is 5.96. The lowest BCUT2D eigenvalue weighted by molar-refractivity contribution is -0.142. The van der Waals surface area contributed by atoms with Crippen LogP contribution in [0.3, 0.4) is 0 Å². The third-order valence-electron chi connectivity index (χ3n) is 3.93. The molecule has 1 atom stereocenters. The van der Waals surface area contributed by atoms with Gasteiger partial charge in [-0.25, -0.2) is 4.79 Å². The van der Waals surface area contributed by atoms with Gasteiger partial charge in [0.25, 0.3) is 5.91 Å². The number of amides is 1. The molecule has 24 heavy (non-hydrogen) atoms. The Hall–Kier alpha value is -2.82. The van der Waals surface area contributed by atoms with E-state index in [-0.39, 0.29) is 5.75 Å². The Bertz CT molecular complexity index is 738. The average Bonchev–Trinajstić information content (AvgIpc) is 2.57. The van der Waals surface area contributed by atoms with Gasteiger partial charge in [-0.3, -0.25) is 4.79 Å². The SMILES string of the molecule is COC(=O)[C@@H](Cc1ccc(C)c(C)c1)NC(=O)c1ccc(O)cc1. The number of benzene rings is 2. The van der Waals surface area contributed by atoms with Crippen LogP contribution in [-0.2, 0) is 16.0 Å². The molecule has 0 saturated heterocycles. The Morgan fingerprint density at radius 2 is 1.75 bits per heavy atom. The molecule has 126 valence electrons. The smallest absolute Gasteiger partial charge is 0.328 e. The van der Waals surface area contributed by atoms with Crippen molar-refractivity contribution in [2.75, 3.05) is 7.11 Å². The predicted molar refractivity (Wildman–Crippen MR) is 91.0 cm³/mol. The van der Waals surface area contributed by atoms with Crippen LogP contribution in [0.25, 0.3) is 0 Å². The quantitative estimate of drug-likeness (QED) is 0.828. The second kappa shape index (κ2) is 7.64. The minimum Gasteiger partial charge on any atom is -0.508 e. The van der Waals surface area contributed by atoms with Crippen molar-refractivity contribution in [2.24, 2.45) is 0 Å². The Morgan fingerprint density at radius 1 is 1.08 bits per heavy atom. The Morgan fingerprint density at radius 3 is 2.33 bits per heavy atom. The summed E-state index contributed by atoms with van der Waals surface area (Å²) in [5.41, 5.74) is 3.60. The molecule has 2 aromatic rings. The zero-order valence-electron chi connectivity index (χ0n) is 14.0. The molecule has 0 aliphatic carbocycles. The van der Waals surface area contributed by atoms with Gasteiger partial charge >= 0.3 is 5.97 Å². The number of ether oxygens (including phenoxy) is 1. The molecule has 0 aliphatic rings. The molecule has 5 nitrogen and oxygen atoms in total. The Balaban J connectivity index is 2.16. The van der Waals surface area contributed by atoms with E-state index in [4.69, 9.17) is 4.74 Å². The second-order valence-corrected chi connectivity index (χ2v) is 5.72. The highest BCUT2D eigenvalue weighted by atomic mass is 16.5. The summed E-state index contributed by atoms with van der Waals surface area (Å²) in [7, 11) is 1.29. The van der Waals surface area contributed by atoms with Crippen LogP contribution in [0.5, 0.6) is 5.75 Å². The maximum Gasteiger partial charge on any atom is 0.328 e. The van der Waals surface area contributed by atoms with Crippen molar-refractivity contribution in [2.45, 2.75) is 26.3 Å². The summed E-state index contributed by atoms with van der Waals surface area (Å²) in [6.07, 6.45) is 0.345. The van der Waals surface area contributed by atoms with Gasteiger partial charge in [0.1, 0.15) is 11.8 Å². The van der Waals surface area contributed by atoms with Gasteiger partial charge < -0.3 is 15.2 Å². The van der Waals surface area contributed by atoms with E-state index >= 15 is 0 Å². The standard InChI is InChI=1S/C19H21NO4/c1-12-4-5-14(10-13(12)2)11-17(19(23)24-3)20-18(22)15-6-8-16(21)9-7-15/h4-10,17,21H,11H2,1-3H3,(H,20,22)/t17-/m1/s1. The van der Waals surface area contributed by atoms with Crippen LogP contribution in [0.15, 0.2) is 42.5 Å². The van der Waals surface area contributed by atoms with Crippen molar-refractivity contribution < 1.29 is 19.4 Å². The van der Waals surface area contributed by atoms with Crippen LogP contribution < -0.4 is 5.32 Å². The highest BCUT2D eigenvalue weighted by Crippen LogP contribution is 2.13. The van der Waals surface area contributed by atoms with Gasteiger partial charge in [0.15, 0.2) is 0 Å². The normalized spacial score (nSPS) is 11.6. The van der Waals surface area contributed by atoms with Crippen molar-refractivity contribution in [3.8, 4) is 5.75 Å². The van der Waals surface area contributed by atoms with Gasteiger partial charge in [0, 0.05) is 12.0 Å². The fraction of sp³-hybridized carbons (Fsp3) is 0.263. The number of hydrogen-bond donors (Lipinski definition) is 2. The summed E-state index contributed by atoms with van der Waals surface area (Å²) in [5, 5.41) is 12.0. The molecule has 0 saturated carbocycles. The summed E-state index contributed by atoms with van der Waals surface area (Å²) in [4.78, 5) is 24.3. The van der Waals surface area contributed by atoms with Crippen molar-refractivity contribution in [1.82, 2.24) is 5.32 Å². The lowest BCUT2D eigenvalue weighted by Gasteiger charge is -2.17. The van der Waals surface area contributed by atoms with Crippen molar-refractivity contribution in [3.05, 3.63) is 64.7 Å². The van der Waals surface area contributed by atoms with Gasteiger partial charge in [-0.15, -0.1) is 0 Å². The first kappa shape index (κ1) is 17.5. The minimum absolute atomic E-state index is 0.0752. The molecule has 2 N–H and O–H groups in total. The van der Waals surface area contributed by atoms with Gasteiger partial charge in [-0.1, -0.05) is 18.2 Å². The molecular formula is C19H21NO4. The van der Waals surface area contributed by atoms with Crippen LogP contribution in [0.2, 0.25) is 0 Å². The monoisotopic (exact) mass is 327 g/mol. The third-order valence-corrected chi connectivity index (χ3v) is 3.93. The number of carbonyl (C=O) groups is 2. The molecule has 0 unspecified atom stereocenters. The van der Waals surface area contributed by atoms with E-state index in [0.717, 1.165) is 11.1 Å². The maximum atomic E-state index is 12.3. The lowest BCUT2D eigenvalue weighted by Crippen LogP contribution is -2.43. The molecule has 0 heterocycles. The fourth-order valence-corrected chi connectivity index (χ4v) is 2.36. The van der Waals surface area contributed by atoms with Crippen LogP contribution in [0.4, 0.5) is 0 Å². The third kappa shape index (κ3) is 4.35. The minimum atomic E-state index is -0.779. The molecule has 0 aliphatic heterocycles. The van der Waals surface area contributed by atoms with Crippen LogP contribution >= 0.6 is 0 Å². The number of rotatable bonds is 5. The number of esters is 1. The molecule has 1 amide bonds. The van der Waals surface area contributed by atoms with Crippen molar-refractivity contribution >= 4 is 11.9 Å². The van der Waals surface area contributed by atoms with Gasteiger partial charge in [-0.05, 0) is 54.8 Å². The molecule has 0 fully saturated rings. The number of aromatic hydroxyl groups is 1. The summed E-state index contributed by atoms with van der Waals surface area (Å²) in [6, 6.07) is 11.0. The number of carbonyl (C=O) groups excluding carboxylic acids is 2. The topological polar surface area (TPSA) is 75.6 Å². The van der Waals surface area contributed by atoms with E-state index in [1.165, 1.54) is 36.9 Å². The molecule has 0 radical (unpaired) electrons. The average molecular weight is 327 g/mol. The summed E-state index contributed by atoms with van der Waals surface area (Å²) >= 11 is 0. The maximum absolute atomic E-state index is 12.3. The molecule has 0 aromatic heterocycles. The first-order valence-electron chi connectivity index (χ1n) is 7.64. The van der Waals surface area contributed by atoms with Crippen LogP contribution in [0, 0.1) is 13.8 Å². The molecule has 0 bridgehead atoms. The molecule has 5 heteroatoms. The van der Waals surface area contributed by atoms with Crippen molar-refractivity contribution in [1.29, 1.82) is 0 Å². The zero-order chi connectivity index (χ0) is 17.7. The molecule has 0 spiro atoms.